The van der Waals surface area contributed by atoms with Crippen LogP contribution in [-0.2, 0) is 9.53 Å². The maximum absolute atomic E-state index is 11.9. The molecule has 0 aromatic rings. The van der Waals surface area contributed by atoms with Crippen LogP contribution in [-0.4, -0.2) is 43.4 Å². The fraction of sp³-hybridized carbons (Fsp3) is 0.867. The summed E-state index contributed by atoms with van der Waals surface area (Å²) in [5.74, 6) is -0.851. The molecule has 2 aliphatic rings. The standard InChI is InChI=1S/C15H26N2O4/c1-2-3-14(4-5-14)10-16-13(20)17-11-15(12(18)19)6-8-21-9-7-15/h2-11H2,1H3,(H,18,19)(H2,16,17,20). The zero-order valence-corrected chi connectivity index (χ0v) is 12.7. The maximum Gasteiger partial charge on any atom is 0.314 e. The molecule has 0 radical (unpaired) electrons. The van der Waals surface area contributed by atoms with Crippen molar-refractivity contribution >= 4 is 12.0 Å². The number of hydrogen-bond donors (Lipinski definition) is 3. The molecule has 1 aliphatic heterocycles. The number of carbonyl (C=O) groups is 2. The quantitative estimate of drug-likeness (QED) is 0.668. The van der Waals surface area contributed by atoms with Crippen molar-refractivity contribution in [2.45, 2.75) is 45.4 Å². The second kappa shape index (κ2) is 6.64. The van der Waals surface area contributed by atoms with Gasteiger partial charge in [0.1, 0.15) is 0 Å². The molecule has 0 unspecified atom stereocenters. The Bertz CT molecular complexity index is 387. The lowest BCUT2D eigenvalue weighted by atomic mass is 9.80. The van der Waals surface area contributed by atoms with Crippen LogP contribution in [0.4, 0.5) is 4.79 Å². The van der Waals surface area contributed by atoms with Gasteiger partial charge < -0.3 is 20.5 Å². The SMILES string of the molecule is CCCC1(CNC(=O)NCC2(C(=O)O)CCOCC2)CC1. The third-order valence-electron chi connectivity index (χ3n) is 4.85. The van der Waals surface area contributed by atoms with Crippen LogP contribution >= 0.6 is 0 Å². The summed E-state index contributed by atoms with van der Waals surface area (Å²) in [4.78, 5) is 23.4. The summed E-state index contributed by atoms with van der Waals surface area (Å²) in [5.41, 5.74) is -0.578. The molecule has 0 bridgehead atoms. The van der Waals surface area contributed by atoms with Crippen molar-refractivity contribution in [1.29, 1.82) is 0 Å². The van der Waals surface area contributed by atoms with E-state index in [4.69, 9.17) is 4.74 Å². The lowest BCUT2D eigenvalue weighted by Gasteiger charge is -2.33. The first kappa shape index (κ1) is 16.1. The van der Waals surface area contributed by atoms with Crippen molar-refractivity contribution in [3.05, 3.63) is 0 Å². The molecule has 1 aliphatic carbocycles. The molecule has 6 heteroatoms. The van der Waals surface area contributed by atoms with E-state index in [9.17, 15) is 14.7 Å². The van der Waals surface area contributed by atoms with Gasteiger partial charge in [-0.25, -0.2) is 4.79 Å². The Balaban J connectivity index is 1.76. The molecule has 6 nitrogen and oxygen atoms in total. The molecule has 1 saturated carbocycles. The fourth-order valence-corrected chi connectivity index (χ4v) is 3.03. The number of rotatable bonds is 7. The van der Waals surface area contributed by atoms with Crippen molar-refractivity contribution in [3.63, 3.8) is 0 Å². The van der Waals surface area contributed by atoms with Gasteiger partial charge >= 0.3 is 12.0 Å². The number of hydrogen-bond acceptors (Lipinski definition) is 3. The second-order valence-corrected chi connectivity index (χ2v) is 6.48. The largest absolute Gasteiger partial charge is 0.481 e. The zero-order chi connectivity index (χ0) is 15.3. The first-order valence-corrected chi connectivity index (χ1v) is 7.85. The summed E-state index contributed by atoms with van der Waals surface area (Å²) in [6.45, 7) is 3.89. The number of urea groups is 1. The zero-order valence-electron chi connectivity index (χ0n) is 12.7. The van der Waals surface area contributed by atoms with Crippen molar-refractivity contribution in [2.75, 3.05) is 26.3 Å². The lowest BCUT2D eigenvalue weighted by molar-refractivity contribution is -0.154. The lowest BCUT2D eigenvalue weighted by Crippen LogP contribution is -2.49. The van der Waals surface area contributed by atoms with Gasteiger partial charge in [0.15, 0.2) is 0 Å². The molecule has 0 spiro atoms. The third-order valence-corrected chi connectivity index (χ3v) is 4.85. The average molecular weight is 298 g/mol. The highest BCUT2D eigenvalue weighted by Crippen LogP contribution is 2.48. The molecule has 1 heterocycles. The van der Waals surface area contributed by atoms with E-state index in [1.165, 1.54) is 12.8 Å². The van der Waals surface area contributed by atoms with Crippen LogP contribution in [0.5, 0.6) is 0 Å². The van der Waals surface area contributed by atoms with Crippen LogP contribution in [0, 0.1) is 10.8 Å². The summed E-state index contributed by atoms with van der Waals surface area (Å²) >= 11 is 0. The molecule has 120 valence electrons. The average Bonchev–Trinajstić information content (AvgIpc) is 3.24. The normalized spacial score (nSPS) is 22.3. The Morgan fingerprint density at radius 3 is 2.24 bits per heavy atom. The first-order chi connectivity index (χ1) is 10.0. The van der Waals surface area contributed by atoms with E-state index in [-0.39, 0.29) is 12.6 Å². The van der Waals surface area contributed by atoms with Crippen LogP contribution in [0.1, 0.15) is 45.4 Å². The minimum absolute atomic E-state index is 0.165. The second-order valence-electron chi connectivity index (χ2n) is 6.48. The van der Waals surface area contributed by atoms with Gasteiger partial charge in [0.2, 0.25) is 0 Å². The molecule has 3 N–H and O–H groups in total. The number of carboxylic acid groups (broad SMARTS) is 1. The van der Waals surface area contributed by atoms with Gasteiger partial charge in [0, 0.05) is 26.3 Å². The highest BCUT2D eigenvalue weighted by atomic mass is 16.5. The van der Waals surface area contributed by atoms with Crippen molar-refractivity contribution < 1.29 is 19.4 Å². The minimum atomic E-state index is -0.879. The fourth-order valence-electron chi connectivity index (χ4n) is 3.03. The van der Waals surface area contributed by atoms with Gasteiger partial charge in [-0.05, 0) is 37.5 Å². The van der Waals surface area contributed by atoms with Gasteiger partial charge in [-0.2, -0.15) is 0 Å². The summed E-state index contributed by atoms with van der Waals surface area (Å²) in [7, 11) is 0. The van der Waals surface area contributed by atoms with Gasteiger partial charge in [-0.1, -0.05) is 13.3 Å². The van der Waals surface area contributed by atoms with Crippen LogP contribution in [0.3, 0.4) is 0 Å². The van der Waals surface area contributed by atoms with Gasteiger partial charge in [-0.15, -0.1) is 0 Å². The van der Waals surface area contributed by atoms with Gasteiger partial charge in [-0.3, -0.25) is 4.79 Å². The molecule has 2 fully saturated rings. The van der Waals surface area contributed by atoms with Gasteiger partial charge in [0.05, 0.1) is 5.41 Å². The molecule has 2 amide bonds. The topological polar surface area (TPSA) is 87.7 Å². The van der Waals surface area contributed by atoms with Crippen LogP contribution < -0.4 is 10.6 Å². The summed E-state index contributed by atoms with van der Waals surface area (Å²) in [6, 6.07) is -0.260. The van der Waals surface area contributed by atoms with E-state index in [1.54, 1.807) is 0 Å². The highest BCUT2D eigenvalue weighted by Gasteiger charge is 2.42. The summed E-state index contributed by atoms with van der Waals surface area (Å²) in [6.07, 6.45) is 5.52. The van der Waals surface area contributed by atoms with E-state index < -0.39 is 11.4 Å². The Hall–Kier alpha value is -1.30. The van der Waals surface area contributed by atoms with Crippen LogP contribution in [0.25, 0.3) is 0 Å². The highest BCUT2D eigenvalue weighted by molar-refractivity contribution is 5.78. The van der Waals surface area contributed by atoms with E-state index >= 15 is 0 Å². The minimum Gasteiger partial charge on any atom is -0.481 e. The predicted molar refractivity (Wildman–Crippen MR) is 78.1 cm³/mol. The van der Waals surface area contributed by atoms with Crippen LogP contribution in [0.2, 0.25) is 0 Å². The monoisotopic (exact) mass is 298 g/mol. The number of carboxylic acids is 1. The molecular weight excluding hydrogens is 272 g/mol. The maximum atomic E-state index is 11.9. The van der Waals surface area contributed by atoms with Crippen molar-refractivity contribution in [2.24, 2.45) is 10.8 Å². The summed E-state index contributed by atoms with van der Waals surface area (Å²) < 4.78 is 5.22. The Labute approximate surface area is 125 Å². The Morgan fingerprint density at radius 1 is 1.10 bits per heavy atom. The van der Waals surface area contributed by atoms with Crippen LogP contribution in [0.15, 0.2) is 0 Å². The molecule has 2 rings (SSSR count). The Morgan fingerprint density at radius 2 is 1.71 bits per heavy atom. The Kier molecular flexibility index (Phi) is 5.08. The molecular formula is C15H26N2O4. The third kappa shape index (κ3) is 4.09. The van der Waals surface area contributed by atoms with E-state index in [1.807, 2.05) is 0 Å². The van der Waals surface area contributed by atoms with E-state index in [0.717, 1.165) is 12.8 Å². The molecule has 0 atom stereocenters. The van der Waals surface area contributed by atoms with E-state index in [2.05, 4.69) is 17.6 Å². The van der Waals surface area contributed by atoms with Crippen molar-refractivity contribution in [3.8, 4) is 0 Å². The van der Waals surface area contributed by atoms with Crippen molar-refractivity contribution in [1.82, 2.24) is 10.6 Å². The smallest absolute Gasteiger partial charge is 0.314 e. The molecule has 1 saturated heterocycles. The molecule has 0 aromatic carbocycles. The number of carbonyl (C=O) groups excluding carboxylic acids is 1. The number of nitrogens with one attached hydrogen (secondary N) is 2. The van der Waals surface area contributed by atoms with Gasteiger partial charge in [0.25, 0.3) is 0 Å². The molecule has 0 aromatic heterocycles. The number of ether oxygens (including phenoxy) is 1. The molecule has 21 heavy (non-hydrogen) atoms. The predicted octanol–water partition coefficient (Wildman–Crippen LogP) is 1.75. The first-order valence-electron chi connectivity index (χ1n) is 7.85. The number of aliphatic carboxylic acids is 1. The van der Waals surface area contributed by atoms with E-state index in [0.29, 0.717) is 38.0 Å². The summed E-state index contributed by atoms with van der Waals surface area (Å²) in [5, 5.41) is 15.0. The number of amides is 2.